The third-order valence-corrected chi connectivity index (χ3v) is 9.13. The van der Waals surface area contributed by atoms with Gasteiger partial charge in [-0.2, -0.15) is 0 Å². The molecular formula is C21H17N3O3S3. The van der Waals surface area contributed by atoms with Gasteiger partial charge in [0.15, 0.2) is 0 Å². The van der Waals surface area contributed by atoms with E-state index in [0.29, 0.717) is 10.6 Å². The van der Waals surface area contributed by atoms with Crippen molar-refractivity contribution in [2.45, 2.75) is 16.7 Å². The van der Waals surface area contributed by atoms with Crippen LogP contribution >= 0.6 is 11.3 Å². The number of sulfonamides is 1. The SMILES string of the molecule is Cc1nc2ccc(S(=O)(=O)N3CCS(=O)c4ccc(-c5cccnc5)cc43)cc2s1. The van der Waals surface area contributed by atoms with E-state index in [9.17, 15) is 12.6 Å². The number of benzene rings is 2. The van der Waals surface area contributed by atoms with E-state index in [4.69, 9.17) is 0 Å². The third-order valence-electron chi connectivity index (χ3n) is 5.00. The van der Waals surface area contributed by atoms with Crippen LogP contribution in [0.25, 0.3) is 21.3 Å². The zero-order chi connectivity index (χ0) is 20.9. The molecule has 30 heavy (non-hydrogen) atoms. The molecule has 2 aromatic carbocycles. The maximum Gasteiger partial charge on any atom is 0.264 e. The Morgan fingerprint density at radius 1 is 1.10 bits per heavy atom. The van der Waals surface area contributed by atoms with Gasteiger partial charge in [0.05, 0.1) is 41.5 Å². The molecule has 2 aromatic heterocycles. The lowest BCUT2D eigenvalue weighted by molar-refractivity contribution is 0.591. The summed E-state index contributed by atoms with van der Waals surface area (Å²) in [6.45, 7) is 2.06. The smallest absolute Gasteiger partial charge is 0.264 e. The number of rotatable bonds is 3. The normalized spacial score (nSPS) is 16.6. The van der Waals surface area contributed by atoms with Crippen LogP contribution in [0.15, 0.2) is 70.7 Å². The van der Waals surface area contributed by atoms with Gasteiger partial charge in [0.25, 0.3) is 10.0 Å². The monoisotopic (exact) mass is 455 g/mol. The van der Waals surface area contributed by atoms with Gasteiger partial charge in [0.2, 0.25) is 0 Å². The van der Waals surface area contributed by atoms with Crippen molar-refractivity contribution in [2.24, 2.45) is 0 Å². The molecular weight excluding hydrogens is 438 g/mol. The second-order valence-electron chi connectivity index (χ2n) is 6.91. The fourth-order valence-corrected chi connectivity index (χ4v) is 7.38. The molecule has 0 aliphatic carbocycles. The van der Waals surface area contributed by atoms with Gasteiger partial charge in [-0.05, 0) is 48.9 Å². The predicted molar refractivity (Wildman–Crippen MR) is 120 cm³/mol. The van der Waals surface area contributed by atoms with Gasteiger partial charge in [0.1, 0.15) is 0 Å². The summed E-state index contributed by atoms with van der Waals surface area (Å²) < 4.78 is 41.9. The molecule has 6 nitrogen and oxygen atoms in total. The molecule has 0 saturated heterocycles. The minimum Gasteiger partial charge on any atom is -0.264 e. The van der Waals surface area contributed by atoms with Crippen LogP contribution in [0.1, 0.15) is 5.01 Å². The summed E-state index contributed by atoms with van der Waals surface area (Å²) in [5.74, 6) is 0.264. The molecule has 1 unspecified atom stereocenters. The molecule has 1 aliphatic heterocycles. The summed E-state index contributed by atoms with van der Waals surface area (Å²) in [6.07, 6.45) is 3.41. The highest BCUT2D eigenvalue weighted by molar-refractivity contribution is 7.93. The second kappa shape index (κ2) is 7.26. The molecule has 152 valence electrons. The van der Waals surface area contributed by atoms with Crippen LogP contribution in [0.4, 0.5) is 5.69 Å². The Labute approximate surface area is 180 Å². The number of anilines is 1. The van der Waals surface area contributed by atoms with Gasteiger partial charge >= 0.3 is 0 Å². The number of nitrogens with zero attached hydrogens (tertiary/aromatic N) is 3. The van der Waals surface area contributed by atoms with E-state index in [1.807, 2.05) is 25.1 Å². The van der Waals surface area contributed by atoms with E-state index in [1.54, 1.807) is 42.7 Å². The molecule has 5 rings (SSSR count). The van der Waals surface area contributed by atoms with Gasteiger partial charge < -0.3 is 0 Å². The fourth-order valence-electron chi connectivity index (χ4n) is 3.57. The fraction of sp³-hybridized carbons (Fsp3) is 0.143. The first kappa shape index (κ1) is 19.3. The van der Waals surface area contributed by atoms with Crippen molar-refractivity contribution in [3.8, 4) is 11.1 Å². The standard InChI is InChI=1S/C21H17N3O3S3/c1-14-23-18-6-5-17(12-20(18)28-14)30(26,27)24-9-10-29(25)21-7-4-15(11-19(21)24)16-3-2-8-22-13-16/h2-8,11-13H,9-10H2,1H3. The number of aryl methyl sites for hydroxylation is 1. The lowest BCUT2D eigenvalue weighted by Crippen LogP contribution is -2.38. The molecule has 0 bridgehead atoms. The molecule has 0 N–H and O–H groups in total. The molecule has 0 fully saturated rings. The van der Waals surface area contributed by atoms with Crippen LogP contribution in [0.5, 0.6) is 0 Å². The molecule has 4 aromatic rings. The van der Waals surface area contributed by atoms with Crippen LogP contribution in [-0.4, -0.2) is 34.9 Å². The highest BCUT2D eigenvalue weighted by Gasteiger charge is 2.32. The maximum absolute atomic E-state index is 13.6. The topological polar surface area (TPSA) is 80.2 Å². The Morgan fingerprint density at radius 3 is 2.77 bits per heavy atom. The van der Waals surface area contributed by atoms with Crippen molar-refractivity contribution in [1.82, 2.24) is 9.97 Å². The van der Waals surface area contributed by atoms with Gasteiger partial charge in [0, 0.05) is 30.3 Å². The minimum absolute atomic E-state index is 0.165. The average Bonchev–Trinajstić information content (AvgIpc) is 3.13. The van der Waals surface area contributed by atoms with Crippen LogP contribution in [0, 0.1) is 6.92 Å². The second-order valence-corrected chi connectivity index (χ2v) is 11.5. The number of aromatic nitrogens is 2. The first-order valence-electron chi connectivity index (χ1n) is 9.26. The van der Waals surface area contributed by atoms with Crippen molar-refractivity contribution in [1.29, 1.82) is 0 Å². The zero-order valence-electron chi connectivity index (χ0n) is 16.0. The molecule has 0 saturated carbocycles. The van der Waals surface area contributed by atoms with Gasteiger partial charge in [-0.15, -0.1) is 11.3 Å². The summed E-state index contributed by atoms with van der Waals surface area (Å²) >= 11 is 1.47. The number of hydrogen-bond acceptors (Lipinski definition) is 6. The van der Waals surface area contributed by atoms with Crippen molar-refractivity contribution >= 4 is 48.1 Å². The van der Waals surface area contributed by atoms with Crippen molar-refractivity contribution in [2.75, 3.05) is 16.6 Å². The van der Waals surface area contributed by atoms with E-state index in [2.05, 4.69) is 9.97 Å². The molecule has 1 atom stereocenters. The zero-order valence-corrected chi connectivity index (χ0v) is 18.4. The summed E-state index contributed by atoms with van der Waals surface area (Å²) in [4.78, 5) is 9.29. The Hall–Kier alpha value is -2.62. The van der Waals surface area contributed by atoms with Gasteiger partial charge in [-0.25, -0.2) is 13.4 Å². The summed E-state index contributed by atoms with van der Waals surface area (Å²) in [7, 11) is -5.06. The molecule has 0 radical (unpaired) electrons. The minimum atomic E-state index is -3.82. The van der Waals surface area contributed by atoms with E-state index >= 15 is 0 Å². The maximum atomic E-state index is 13.6. The molecule has 0 spiro atoms. The largest absolute Gasteiger partial charge is 0.264 e. The Morgan fingerprint density at radius 2 is 1.97 bits per heavy atom. The van der Waals surface area contributed by atoms with Crippen LogP contribution < -0.4 is 4.31 Å². The van der Waals surface area contributed by atoms with E-state index < -0.39 is 20.8 Å². The van der Waals surface area contributed by atoms with Crippen LogP contribution in [-0.2, 0) is 20.8 Å². The summed E-state index contributed by atoms with van der Waals surface area (Å²) in [5.41, 5.74) is 2.95. The van der Waals surface area contributed by atoms with Crippen molar-refractivity contribution < 1.29 is 12.6 Å². The lowest BCUT2D eigenvalue weighted by Gasteiger charge is -2.30. The molecule has 1 aliphatic rings. The summed E-state index contributed by atoms with van der Waals surface area (Å²) in [5, 5.41) is 0.888. The Balaban J connectivity index is 1.64. The van der Waals surface area contributed by atoms with Crippen LogP contribution in [0.3, 0.4) is 0 Å². The number of hydrogen-bond donors (Lipinski definition) is 0. The first-order valence-corrected chi connectivity index (χ1v) is 12.8. The summed E-state index contributed by atoms with van der Waals surface area (Å²) in [6, 6.07) is 14.1. The van der Waals surface area contributed by atoms with E-state index in [-0.39, 0.29) is 17.2 Å². The highest BCUT2D eigenvalue weighted by Crippen LogP contribution is 2.37. The molecule has 3 heterocycles. The van der Waals surface area contributed by atoms with E-state index in [1.165, 1.54) is 15.6 Å². The number of pyridine rings is 1. The van der Waals surface area contributed by atoms with Gasteiger partial charge in [-0.3, -0.25) is 13.5 Å². The van der Waals surface area contributed by atoms with E-state index in [0.717, 1.165) is 26.4 Å². The highest BCUT2D eigenvalue weighted by atomic mass is 32.2. The average molecular weight is 456 g/mol. The Kier molecular flexibility index (Phi) is 4.68. The first-order chi connectivity index (χ1) is 14.4. The van der Waals surface area contributed by atoms with Crippen molar-refractivity contribution in [3.63, 3.8) is 0 Å². The number of thiazole rings is 1. The van der Waals surface area contributed by atoms with Gasteiger partial charge in [-0.1, -0.05) is 12.1 Å². The lowest BCUT2D eigenvalue weighted by atomic mass is 10.1. The molecule has 9 heteroatoms. The predicted octanol–water partition coefficient (Wildman–Crippen LogP) is 3.98. The Bertz CT molecular complexity index is 1400. The van der Waals surface area contributed by atoms with Crippen molar-refractivity contribution in [3.05, 3.63) is 65.9 Å². The third kappa shape index (κ3) is 3.23. The number of fused-ring (bicyclic) bond motifs is 2. The molecule has 0 amide bonds. The van der Waals surface area contributed by atoms with Crippen LogP contribution in [0.2, 0.25) is 0 Å². The quantitative estimate of drug-likeness (QED) is 0.467.